The highest BCUT2D eigenvalue weighted by Crippen LogP contribution is 2.30. The molecular formula is C18H19N5O2. The van der Waals surface area contributed by atoms with Crippen molar-refractivity contribution in [3.8, 4) is 11.5 Å². The zero-order valence-electron chi connectivity index (χ0n) is 13.7. The number of carbonyl (C=O) groups is 1. The van der Waals surface area contributed by atoms with Crippen LogP contribution >= 0.6 is 0 Å². The van der Waals surface area contributed by atoms with Crippen LogP contribution in [0, 0.1) is 5.41 Å². The Kier molecular flexibility index (Phi) is 4.40. The van der Waals surface area contributed by atoms with Crippen molar-refractivity contribution in [2.75, 3.05) is 7.05 Å². The van der Waals surface area contributed by atoms with Gasteiger partial charge >= 0.3 is 0 Å². The number of fused-ring (bicyclic) bond motifs is 1. The van der Waals surface area contributed by atoms with Crippen molar-refractivity contribution in [3.63, 3.8) is 0 Å². The summed E-state index contributed by atoms with van der Waals surface area (Å²) in [6, 6.07) is 14.8. The first-order chi connectivity index (χ1) is 12.0. The van der Waals surface area contributed by atoms with Crippen LogP contribution in [0.25, 0.3) is 10.9 Å². The summed E-state index contributed by atoms with van der Waals surface area (Å²) in [5.41, 5.74) is 13.0. The van der Waals surface area contributed by atoms with Crippen LogP contribution < -0.4 is 16.2 Å². The topological polar surface area (TPSA) is 121 Å². The number of hydrogen-bond donors (Lipinski definition) is 4. The van der Waals surface area contributed by atoms with Crippen molar-refractivity contribution in [2.45, 2.75) is 6.54 Å². The fourth-order valence-electron chi connectivity index (χ4n) is 2.48. The van der Waals surface area contributed by atoms with Gasteiger partial charge in [0, 0.05) is 19.0 Å². The standard InChI is InChI=1S/C18H19N5O2/c1-23(18(20)21)17(24)14-9-12-5-3-7-15(16(12)22-14)25-13-6-2-4-11(8-13)10-19/h2-9,22H,10,19H2,1H3,(H3,20,21). The van der Waals surface area contributed by atoms with Gasteiger partial charge in [-0.1, -0.05) is 24.3 Å². The maximum atomic E-state index is 12.3. The van der Waals surface area contributed by atoms with Crippen molar-refractivity contribution >= 4 is 22.8 Å². The number of rotatable bonds is 4. The fraction of sp³-hybridized carbons (Fsp3) is 0.111. The van der Waals surface area contributed by atoms with Crippen molar-refractivity contribution < 1.29 is 9.53 Å². The molecule has 0 saturated carbocycles. The van der Waals surface area contributed by atoms with E-state index >= 15 is 0 Å². The van der Waals surface area contributed by atoms with E-state index in [0.29, 0.717) is 29.3 Å². The van der Waals surface area contributed by atoms with Crippen LogP contribution in [-0.4, -0.2) is 28.8 Å². The van der Waals surface area contributed by atoms with Crippen LogP contribution in [0.15, 0.2) is 48.5 Å². The molecule has 0 aliphatic heterocycles. The number of hydrogen-bond acceptors (Lipinski definition) is 4. The molecule has 0 aliphatic rings. The van der Waals surface area contributed by atoms with E-state index in [4.69, 9.17) is 21.6 Å². The van der Waals surface area contributed by atoms with Gasteiger partial charge in [-0.05, 0) is 29.8 Å². The molecule has 2 aromatic carbocycles. The van der Waals surface area contributed by atoms with E-state index in [1.54, 1.807) is 6.07 Å². The minimum Gasteiger partial charge on any atom is -0.455 e. The number of H-pyrrole nitrogens is 1. The quantitative estimate of drug-likeness (QED) is 0.431. The molecule has 1 aromatic heterocycles. The first kappa shape index (κ1) is 16.5. The molecule has 1 heterocycles. The lowest BCUT2D eigenvalue weighted by Crippen LogP contribution is -2.38. The van der Waals surface area contributed by atoms with Gasteiger partial charge in [0.05, 0.1) is 5.52 Å². The van der Waals surface area contributed by atoms with Gasteiger partial charge in [0.25, 0.3) is 5.91 Å². The lowest BCUT2D eigenvalue weighted by Gasteiger charge is -2.12. The molecule has 25 heavy (non-hydrogen) atoms. The number of nitrogens with two attached hydrogens (primary N) is 2. The van der Waals surface area contributed by atoms with Crippen molar-refractivity contribution in [1.82, 2.24) is 9.88 Å². The van der Waals surface area contributed by atoms with Gasteiger partial charge in [0.1, 0.15) is 11.4 Å². The Hall–Kier alpha value is -3.32. The van der Waals surface area contributed by atoms with E-state index in [-0.39, 0.29) is 11.9 Å². The molecule has 3 aromatic rings. The largest absolute Gasteiger partial charge is 0.455 e. The predicted octanol–water partition coefficient (Wildman–Crippen LogP) is 2.38. The van der Waals surface area contributed by atoms with Gasteiger partial charge in [-0.2, -0.15) is 0 Å². The van der Waals surface area contributed by atoms with Gasteiger partial charge in [-0.25, -0.2) is 0 Å². The number of aromatic amines is 1. The minimum atomic E-state index is -0.389. The van der Waals surface area contributed by atoms with Crippen LogP contribution in [0.4, 0.5) is 0 Å². The highest BCUT2D eigenvalue weighted by molar-refractivity contribution is 6.06. The third-order valence-corrected chi connectivity index (χ3v) is 3.88. The maximum absolute atomic E-state index is 12.3. The molecule has 0 unspecified atom stereocenters. The first-order valence-electron chi connectivity index (χ1n) is 7.70. The summed E-state index contributed by atoms with van der Waals surface area (Å²) in [7, 11) is 1.45. The molecular weight excluding hydrogens is 318 g/mol. The minimum absolute atomic E-state index is 0.321. The number of para-hydroxylation sites is 1. The number of ether oxygens (including phenoxy) is 1. The second-order valence-electron chi connectivity index (χ2n) is 5.61. The van der Waals surface area contributed by atoms with Crippen LogP contribution in [-0.2, 0) is 6.54 Å². The molecule has 7 nitrogen and oxygen atoms in total. The second kappa shape index (κ2) is 6.66. The Bertz CT molecular complexity index is 948. The Morgan fingerprint density at radius 3 is 2.72 bits per heavy atom. The van der Waals surface area contributed by atoms with Crippen LogP contribution in [0.2, 0.25) is 0 Å². The molecule has 6 N–H and O–H groups in total. The van der Waals surface area contributed by atoms with Crippen molar-refractivity contribution in [1.29, 1.82) is 5.41 Å². The average Bonchev–Trinajstić information content (AvgIpc) is 3.06. The van der Waals surface area contributed by atoms with Gasteiger partial charge in [0.15, 0.2) is 11.7 Å². The fourth-order valence-corrected chi connectivity index (χ4v) is 2.48. The molecule has 0 radical (unpaired) electrons. The smallest absolute Gasteiger partial charge is 0.276 e. The number of amides is 1. The van der Waals surface area contributed by atoms with Gasteiger partial charge in [0.2, 0.25) is 0 Å². The second-order valence-corrected chi connectivity index (χ2v) is 5.61. The zero-order valence-corrected chi connectivity index (χ0v) is 13.7. The number of aromatic nitrogens is 1. The molecule has 1 amide bonds. The Balaban J connectivity index is 1.97. The summed E-state index contributed by atoms with van der Waals surface area (Å²) in [4.78, 5) is 16.4. The van der Waals surface area contributed by atoms with Gasteiger partial charge < -0.3 is 21.2 Å². The molecule has 7 heteroatoms. The van der Waals surface area contributed by atoms with E-state index in [1.165, 1.54) is 7.05 Å². The highest BCUT2D eigenvalue weighted by Gasteiger charge is 2.17. The summed E-state index contributed by atoms with van der Waals surface area (Å²) in [5.74, 6) is 0.550. The van der Waals surface area contributed by atoms with Crippen LogP contribution in [0.1, 0.15) is 16.1 Å². The molecule has 0 fully saturated rings. The van der Waals surface area contributed by atoms with Crippen LogP contribution in [0.5, 0.6) is 11.5 Å². The number of benzene rings is 2. The Labute approximate surface area is 144 Å². The zero-order chi connectivity index (χ0) is 18.0. The maximum Gasteiger partial charge on any atom is 0.276 e. The van der Waals surface area contributed by atoms with Gasteiger partial charge in [-0.3, -0.25) is 15.1 Å². The third kappa shape index (κ3) is 3.31. The number of carbonyl (C=O) groups excluding carboxylic acids is 1. The molecule has 128 valence electrons. The number of guanidine groups is 1. The highest BCUT2D eigenvalue weighted by atomic mass is 16.5. The Morgan fingerprint density at radius 1 is 1.24 bits per heavy atom. The Morgan fingerprint density at radius 2 is 2.00 bits per heavy atom. The molecule has 0 aliphatic carbocycles. The molecule has 0 saturated heterocycles. The monoisotopic (exact) mass is 337 g/mol. The summed E-state index contributed by atoms with van der Waals surface area (Å²) in [6.07, 6.45) is 0. The van der Waals surface area contributed by atoms with Crippen molar-refractivity contribution in [3.05, 3.63) is 59.8 Å². The van der Waals surface area contributed by atoms with E-state index in [2.05, 4.69) is 4.98 Å². The van der Waals surface area contributed by atoms with E-state index < -0.39 is 0 Å². The van der Waals surface area contributed by atoms with Crippen LogP contribution in [0.3, 0.4) is 0 Å². The predicted molar refractivity (Wildman–Crippen MR) is 96.7 cm³/mol. The molecule has 0 atom stereocenters. The third-order valence-electron chi connectivity index (χ3n) is 3.88. The van der Waals surface area contributed by atoms with E-state index in [0.717, 1.165) is 15.8 Å². The summed E-state index contributed by atoms with van der Waals surface area (Å²) in [5, 5.41) is 8.20. The summed E-state index contributed by atoms with van der Waals surface area (Å²) < 4.78 is 5.96. The summed E-state index contributed by atoms with van der Waals surface area (Å²) in [6.45, 7) is 0.430. The lowest BCUT2D eigenvalue weighted by atomic mass is 10.2. The van der Waals surface area contributed by atoms with Gasteiger partial charge in [-0.15, -0.1) is 0 Å². The van der Waals surface area contributed by atoms with Crippen molar-refractivity contribution in [2.24, 2.45) is 11.5 Å². The molecule has 0 bridgehead atoms. The molecule has 0 spiro atoms. The molecule has 3 rings (SSSR count). The SMILES string of the molecule is CN(C(=N)N)C(=O)c1cc2cccc(Oc3cccc(CN)c3)c2[nH]1. The lowest BCUT2D eigenvalue weighted by molar-refractivity contribution is 0.0864. The number of nitrogens with zero attached hydrogens (tertiary/aromatic N) is 1. The average molecular weight is 337 g/mol. The number of nitrogens with one attached hydrogen (secondary N) is 2. The summed E-state index contributed by atoms with van der Waals surface area (Å²) >= 11 is 0. The first-order valence-corrected chi connectivity index (χ1v) is 7.70. The van der Waals surface area contributed by atoms with E-state index in [9.17, 15) is 4.79 Å². The van der Waals surface area contributed by atoms with E-state index in [1.807, 2.05) is 42.5 Å². The normalized spacial score (nSPS) is 10.6.